The van der Waals surface area contributed by atoms with Gasteiger partial charge in [0.1, 0.15) is 0 Å². The Bertz CT molecular complexity index is 349. The van der Waals surface area contributed by atoms with Crippen molar-refractivity contribution in [1.82, 2.24) is 5.32 Å². The van der Waals surface area contributed by atoms with E-state index >= 15 is 0 Å². The molecule has 1 nitrogen and oxygen atoms in total. The molecule has 0 heterocycles. The summed E-state index contributed by atoms with van der Waals surface area (Å²) < 4.78 is 0. The third-order valence-electron chi connectivity index (χ3n) is 2.26. The molecule has 1 aromatic rings. The van der Waals surface area contributed by atoms with Crippen molar-refractivity contribution in [2.45, 2.75) is 19.4 Å². The van der Waals surface area contributed by atoms with Crippen LogP contribution in [-0.4, -0.2) is 0 Å². The summed E-state index contributed by atoms with van der Waals surface area (Å²) in [6.07, 6.45) is 7.73. The Morgan fingerprint density at radius 2 is 1.88 bits per heavy atom. The Morgan fingerprint density at radius 1 is 1.12 bits per heavy atom. The van der Waals surface area contributed by atoms with Gasteiger partial charge in [0.15, 0.2) is 0 Å². The van der Waals surface area contributed by atoms with Crippen LogP contribution in [0.3, 0.4) is 0 Å². The van der Waals surface area contributed by atoms with Gasteiger partial charge in [0, 0.05) is 18.7 Å². The molecule has 0 saturated carbocycles. The van der Waals surface area contributed by atoms with Gasteiger partial charge < -0.3 is 5.32 Å². The second-order valence-electron chi connectivity index (χ2n) is 3.59. The van der Waals surface area contributed by atoms with Crippen molar-refractivity contribution in [3.05, 3.63) is 73.0 Å². The van der Waals surface area contributed by atoms with Gasteiger partial charge in [0.05, 0.1) is 0 Å². The van der Waals surface area contributed by atoms with Crippen LogP contribution in [0.1, 0.15) is 18.4 Å². The van der Waals surface area contributed by atoms with Crippen molar-refractivity contribution in [3.63, 3.8) is 0 Å². The number of hydrogen-bond acceptors (Lipinski definition) is 1. The van der Waals surface area contributed by atoms with Crippen LogP contribution in [0.15, 0.2) is 67.4 Å². The molecule has 16 heavy (non-hydrogen) atoms. The van der Waals surface area contributed by atoms with Gasteiger partial charge in [-0.3, -0.25) is 0 Å². The molecule has 0 amide bonds. The Morgan fingerprint density at radius 3 is 2.50 bits per heavy atom. The fourth-order valence-corrected chi connectivity index (χ4v) is 1.42. The van der Waals surface area contributed by atoms with Crippen molar-refractivity contribution in [2.24, 2.45) is 0 Å². The van der Waals surface area contributed by atoms with Crippen LogP contribution in [0.4, 0.5) is 0 Å². The molecule has 0 bridgehead atoms. The summed E-state index contributed by atoms with van der Waals surface area (Å²) in [5, 5.41) is 3.41. The second kappa shape index (κ2) is 7.52. The zero-order valence-electron chi connectivity index (χ0n) is 9.65. The third-order valence-corrected chi connectivity index (χ3v) is 2.26. The number of nitrogens with one attached hydrogen (secondary N) is 1. The predicted octanol–water partition coefficient (Wildman–Crippen LogP) is 3.81. The van der Waals surface area contributed by atoms with E-state index in [1.54, 1.807) is 0 Å². The highest BCUT2D eigenvalue weighted by Crippen LogP contribution is 2.04. The Labute approximate surface area is 98.2 Å². The number of hydrogen-bond donors (Lipinski definition) is 1. The van der Waals surface area contributed by atoms with E-state index in [2.05, 4.69) is 48.8 Å². The molecule has 0 spiro atoms. The maximum atomic E-state index is 3.76. The molecule has 1 aromatic carbocycles. The van der Waals surface area contributed by atoms with Crippen LogP contribution in [0, 0.1) is 0 Å². The van der Waals surface area contributed by atoms with Crippen molar-refractivity contribution in [1.29, 1.82) is 0 Å². The zero-order valence-corrected chi connectivity index (χ0v) is 9.65. The molecular formula is C15H19N. The lowest BCUT2D eigenvalue weighted by Crippen LogP contribution is -2.12. The Kier molecular flexibility index (Phi) is 5.79. The molecule has 84 valence electrons. The van der Waals surface area contributed by atoms with Crippen molar-refractivity contribution in [2.75, 3.05) is 0 Å². The molecule has 0 saturated heterocycles. The smallest absolute Gasteiger partial charge is 0.0397 e. The maximum Gasteiger partial charge on any atom is 0.0397 e. The highest BCUT2D eigenvalue weighted by atomic mass is 14.9. The van der Waals surface area contributed by atoms with Crippen molar-refractivity contribution < 1.29 is 0 Å². The predicted molar refractivity (Wildman–Crippen MR) is 71.0 cm³/mol. The minimum absolute atomic E-state index is 0.859. The summed E-state index contributed by atoms with van der Waals surface area (Å²) in [6.45, 7) is 8.33. The standard InChI is InChI=1S/C15H19N/c1-3-5-12-15(9-4-2)16-13-14-10-7-6-8-11-14/h3-4,6-8,10-12,16H,1-2,5,9,13H2/b15-12-. The average molecular weight is 213 g/mol. The summed E-state index contributed by atoms with van der Waals surface area (Å²) in [5.74, 6) is 0. The summed E-state index contributed by atoms with van der Waals surface area (Å²) >= 11 is 0. The van der Waals surface area contributed by atoms with Gasteiger partial charge in [0.25, 0.3) is 0 Å². The lowest BCUT2D eigenvalue weighted by molar-refractivity contribution is 0.784. The van der Waals surface area contributed by atoms with E-state index in [0.717, 1.165) is 19.4 Å². The summed E-state index contributed by atoms with van der Waals surface area (Å²) in [5.41, 5.74) is 2.50. The molecule has 0 fully saturated rings. The van der Waals surface area contributed by atoms with Gasteiger partial charge >= 0.3 is 0 Å². The molecule has 0 unspecified atom stereocenters. The van der Waals surface area contributed by atoms with E-state index in [9.17, 15) is 0 Å². The second-order valence-corrected chi connectivity index (χ2v) is 3.59. The van der Waals surface area contributed by atoms with Gasteiger partial charge in [-0.2, -0.15) is 0 Å². The molecule has 1 rings (SSSR count). The van der Waals surface area contributed by atoms with E-state index in [0.29, 0.717) is 0 Å². The first kappa shape index (κ1) is 12.3. The van der Waals surface area contributed by atoms with E-state index in [1.807, 2.05) is 18.2 Å². The van der Waals surface area contributed by atoms with Gasteiger partial charge in [0.2, 0.25) is 0 Å². The van der Waals surface area contributed by atoms with Crippen LogP contribution in [-0.2, 0) is 6.54 Å². The van der Waals surface area contributed by atoms with Gasteiger partial charge in [-0.25, -0.2) is 0 Å². The first-order valence-corrected chi connectivity index (χ1v) is 5.55. The largest absolute Gasteiger partial charge is 0.384 e. The van der Waals surface area contributed by atoms with Crippen LogP contribution in [0.25, 0.3) is 0 Å². The van der Waals surface area contributed by atoms with E-state index in [4.69, 9.17) is 0 Å². The number of benzene rings is 1. The fourth-order valence-electron chi connectivity index (χ4n) is 1.42. The van der Waals surface area contributed by atoms with Crippen LogP contribution in [0.2, 0.25) is 0 Å². The van der Waals surface area contributed by atoms with E-state index < -0.39 is 0 Å². The van der Waals surface area contributed by atoms with Gasteiger partial charge in [-0.15, -0.1) is 13.2 Å². The number of rotatable bonds is 7. The van der Waals surface area contributed by atoms with Gasteiger partial charge in [-0.05, 0) is 12.0 Å². The van der Waals surface area contributed by atoms with Crippen LogP contribution >= 0.6 is 0 Å². The molecule has 0 aliphatic rings. The summed E-state index contributed by atoms with van der Waals surface area (Å²) in [6, 6.07) is 10.4. The first-order valence-electron chi connectivity index (χ1n) is 5.55. The van der Waals surface area contributed by atoms with Crippen LogP contribution < -0.4 is 5.32 Å². The molecule has 1 heteroatoms. The third kappa shape index (κ3) is 4.65. The summed E-state index contributed by atoms with van der Waals surface area (Å²) in [7, 11) is 0. The maximum absolute atomic E-state index is 3.76. The molecule has 1 N–H and O–H groups in total. The van der Waals surface area contributed by atoms with Crippen LogP contribution in [0.5, 0.6) is 0 Å². The minimum atomic E-state index is 0.859. The lowest BCUT2D eigenvalue weighted by Gasteiger charge is -2.09. The fraction of sp³-hybridized carbons (Fsp3) is 0.200. The average Bonchev–Trinajstić information content (AvgIpc) is 2.34. The normalized spacial score (nSPS) is 10.9. The topological polar surface area (TPSA) is 12.0 Å². The zero-order chi connectivity index (χ0) is 11.6. The molecule has 0 radical (unpaired) electrons. The Hall–Kier alpha value is -1.76. The molecule has 0 atom stereocenters. The van der Waals surface area contributed by atoms with Crippen molar-refractivity contribution >= 4 is 0 Å². The van der Waals surface area contributed by atoms with Gasteiger partial charge in [-0.1, -0.05) is 48.6 Å². The van der Waals surface area contributed by atoms with E-state index in [-0.39, 0.29) is 0 Å². The monoisotopic (exact) mass is 213 g/mol. The molecule has 0 aliphatic carbocycles. The SMILES string of the molecule is C=CC/C=C(/CC=C)NCc1ccccc1. The quantitative estimate of drug-likeness (QED) is 0.679. The first-order chi connectivity index (χ1) is 7.86. The molecule has 0 aliphatic heterocycles. The molecule has 0 aromatic heterocycles. The molecular weight excluding hydrogens is 194 g/mol. The van der Waals surface area contributed by atoms with Crippen molar-refractivity contribution in [3.8, 4) is 0 Å². The highest BCUT2D eigenvalue weighted by Gasteiger charge is 1.94. The van der Waals surface area contributed by atoms with E-state index in [1.165, 1.54) is 11.3 Å². The highest BCUT2D eigenvalue weighted by molar-refractivity contribution is 5.16. The Balaban J connectivity index is 2.49. The minimum Gasteiger partial charge on any atom is -0.384 e. The summed E-state index contributed by atoms with van der Waals surface area (Å²) in [4.78, 5) is 0. The lowest BCUT2D eigenvalue weighted by atomic mass is 10.2. The number of allylic oxidation sites excluding steroid dienone is 3.